The fourth-order valence-electron chi connectivity index (χ4n) is 4.32. The molecule has 0 spiro atoms. The zero-order valence-corrected chi connectivity index (χ0v) is 16.7. The molecule has 27 heavy (non-hydrogen) atoms. The summed E-state index contributed by atoms with van der Waals surface area (Å²) in [7, 11) is 0. The van der Waals surface area contributed by atoms with Crippen molar-refractivity contribution in [3.05, 3.63) is 47.3 Å². The molecule has 2 atom stereocenters. The Morgan fingerprint density at radius 2 is 1.78 bits per heavy atom. The number of rotatable bonds is 4. The number of carbonyl (C=O) groups is 1. The quantitative estimate of drug-likeness (QED) is 0.876. The predicted octanol–water partition coefficient (Wildman–Crippen LogP) is 4.31. The molecule has 2 heterocycles. The second-order valence-corrected chi connectivity index (χ2v) is 8.02. The molecule has 2 aliphatic rings. The first-order valence-electron chi connectivity index (χ1n) is 9.93. The summed E-state index contributed by atoms with van der Waals surface area (Å²) in [5, 5.41) is 3.16. The topological polar surface area (TPSA) is 46.5 Å². The zero-order chi connectivity index (χ0) is 19.1. The van der Waals surface area contributed by atoms with Crippen molar-refractivity contribution >= 4 is 17.3 Å². The van der Waals surface area contributed by atoms with Gasteiger partial charge in [0.1, 0.15) is 0 Å². The first-order valence-corrected chi connectivity index (χ1v) is 9.93. The average Bonchev–Trinajstić information content (AvgIpc) is 3.39. The van der Waals surface area contributed by atoms with Crippen molar-refractivity contribution in [1.82, 2.24) is 4.57 Å². The van der Waals surface area contributed by atoms with Gasteiger partial charge in [0, 0.05) is 30.5 Å². The van der Waals surface area contributed by atoms with Crippen LogP contribution in [0.25, 0.3) is 0 Å². The maximum absolute atomic E-state index is 13.0. The molecule has 0 radical (unpaired) electrons. The van der Waals surface area contributed by atoms with E-state index in [-0.39, 0.29) is 18.1 Å². The van der Waals surface area contributed by atoms with Crippen molar-refractivity contribution in [2.24, 2.45) is 0 Å². The number of aryl methyl sites for hydroxylation is 1. The van der Waals surface area contributed by atoms with Gasteiger partial charge in [-0.2, -0.15) is 0 Å². The smallest absolute Gasteiger partial charge is 0.257 e. The highest BCUT2D eigenvalue weighted by atomic mass is 16.5. The molecule has 5 heteroatoms. The fourth-order valence-corrected chi connectivity index (χ4v) is 4.32. The number of morpholine rings is 1. The molecule has 1 amide bonds. The number of para-hydroxylation sites is 2. The molecular weight excluding hydrogens is 338 g/mol. The minimum atomic E-state index is -0.0307. The van der Waals surface area contributed by atoms with Crippen LogP contribution < -0.4 is 10.2 Å². The highest BCUT2D eigenvalue weighted by Gasteiger charge is 2.29. The van der Waals surface area contributed by atoms with E-state index >= 15 is 0 Å². The molecule has 5 nitrogen and oxygen atoms in total. The summed E-state index contributed by atoms with van der Waals surface area (Å²) in [4.78, 5) is 15.3. The number of anilines is 2. The van der Waals surface area contributed by atoms with Crippen LogP contribution in [0.15, 0.2) is 30.3 Å². The van der Waals surface area contributed by atoms with E-state index in [2.05, 4.69) is 48.5 Å². The predicted molar refractivity (Wildman–Crippen MR) is 109 cm³/mol. The number of hydrogen-bond donors (Lipinski definition) is 1. The summed E-state index contributed by atoms with van der Waals surface area (Å²) < 4.78 is 8.17. The van der Waals surface area contributed by atoms with Crippen molar-refractivity contribution in [1.29, 1.82) is 0 Å². The Balaban J connectivity index is 1.58. The van der Waals surface area contributed by atoms with E-state index in [1.54, 1.807) is 0 Å². The number of carbonyl (C=O) groups excluding carboxylic acids is 1. The Hall–Kier alpha value is -2.27. The molecular formula is C22H29N3O2. The fraction of sp³-hybridized carbons (Fsp3) is 0.500. The lowest BCUT2D eigenvalue weighted by molar-refractivity contribution is -0.00517. The lowest BCUT2D eigenvalue weighted by atomic mass is 10.1. The summed E-state index contributed by atoms with van der Waals surface area (Å²) in [6.45, 7) is 9.98. The second-order valence-electron chi connectivity index (χ2n) is 8.02. The monoisotopic (exact) mass is 367 g/mol. The Bertz CT molecular complexity index is 843. The van der Waals surface area contributed by atoms with Gasteiger partial charge in [-0.25, -0.2) is 0 Å². The average molecular weight is 367 g/mol. The lowest BCUT2D eigenvalue weighted by Crippen LogP contribution is -2.45. The Morgan fingerprint density at radius 1 is 1.11 bits per heavy atom. The summed E-state index contributed by atoms with van der Waals surface area (Å²) >= 11 is 0. The van der Waals surface area contributed by atoms with E-state index in [0.717, 1.165) is 35.7 Å². The summed E-state index contributed by atoms with van der Waals surface area (Å²) in [5.41, 5.74) is 4.93. The molecule has 1 aromatic carbocycles. The van der Waals surface area contributed by atoms with Crippen molar-refractivity contribution in [2.45, 2.75) is 58.8 Å². The van der Waals surface area contributed by atoms with Gasteiger partial charge in [0.15, 0.2) is 0 Å². The molecule has 144 valence electrons. The molecule has 2 fully saturated rings. The van der Waals surface area contributed by atoms with E-state index in [4.69, 9.17) is 4.74 Å². The van der Waals surface area contributed by atoms with Gasteiger partial charge >= 0.3 is 0 Å². The van der Waals surface area contributed by atoms with Crippen LogP contribution in [0.3, 0.4) is 0 Å². The van der Waals surface area contributed by atoms with Gasteiger partial charge in [-0.15, -0.1) is 0 Å². The molecule has 4 rings (SSSR count). The van der Waals surface area contributed by atoms with Crippen LogP contribution >= 0.6 is 0 Å². The first-order chi connectivity index (χ1) is 12.9. The van der Waals surface area contributed by atoms with E-state index in [1.807, 2.05) is 24.3 Å². The van der Waals surface area contributed by atoms with Crippen LogP contribution in [0.4, 0.5) is 11.4 Å². The van der Waals surface area contributed by atoms with Crippen molar-refractivity contribution in [3.8, 4) is 0 Å². The minimum absolute atomic E-state index is 0.0307. The van der Waals surface area contributed by atoms with Crippen LogP contribution in [0.2, 0.25) is 0 Å². The van der Waals surface area contributed by atoms with E-state index in [9.17, 15) is 4.79 Å². The van der Waals surface area contributed by atoms with Crippen molar-refractivity contribution < 1.29 is 9.53 Å². The molecule has 2 aromatic rings. The van der Waals surface area contributed by atoms with Gasteiger partial charge in [-0.1, -0.05) is 12.1 Å². The molecule has 1 aliphatic carbocycles. The van der Waals surface area contributed by atoms with Gasteiger partial charge in [0.05, 0.1) is 29.1 Å². The van der Waals surface area contributed by atoms with Gasteiger partial charge in [0.2, 0.25) is 0 Å². The standard InChI is InChI=1S/C22H29N3O2/c1-14-11-19(17(4)25(14)18-9-10-18)22(26)23-20-7-5-6-8-21(20)24-12-15(2)27-16(3)13-24/h5-8,11,15-16,18H,9-10,12-13H2,1-4H3,(H,23,26). The number of amides is 1. The number of hydrogen-bond acceptors (Lipinski definition) is 3. The molecule has 1 aromatic heterocycles. The van der Waals surface area contributed by atoms with Crippen LogP contribution in [0.5, 0.6) is 0 Å². The van der Waals surface area contributed by atoms with E-state index in [0.29, 0.717) is 6.04 Å². The molecule has 2 unspecified atom stereocenters. The number of aromatic nitrogens is 1. The largest absolute Gasteiger partial charge is 0.372 e. The number of ether oxygens (including phenoxy) is 1. The zero-order valence-electron chi connectivity index (χ0n) is 16.7. The molecule has 1 saturated carbocycles. The van der Waals surface area contributed by atoms with E-state index in [1.165, 1.54) is 18.5 Å². The van der Waals surface area contributed by atoms with Crippen LogP contribution in [-0.4, -0.2) is 35.8 Å². The first kappa shape index (κ1) is 18.1. The number of nitrogens with one attached hydrogen (secondary N) is 1. The Labute approximate surface area is 161 Å². The van der Waals surface area contributed by atoms with Gasteiger partial charge in [0.25, 0.3) is 5.91 Å². The van der Waals surface area contributed by atoms with Crippen LogP contribution in [0.1, 0.15) is 54.5 Å². The van der Waals surface area contributed by atoms with Crippen molar-refractivity contribution in [3.63, 3.8) is 0 Å². The van der Waals surface area contributed by atoms with Crippen molar-refractivity contribution in [2.75, 3.05) is 23.3 Å². The molecule has 0 bridgehead atoms. The van der Waals surface area contributed by atoms with Gasteiger partial charge < -0.3 is 19.5 Å². The SMILES string of the molecule is Cc1cc(C(=O)Nc2ccccc2N2CC(C)OC(C)C2)c(C)n1C1CC1. The molecule has 1 aliphatic heterocycles. The van der Waals surface area contributed by atoms with E-state index < -0.39 is 0 Å². The minimum Gasteiger partial charge on any atom is -0.372 e. The Morgan fingerprint density at radius 3 is 2.44 bits per heavy atom. The highest BCUT2D eigenvalue weighted by molar-refractivity contribution is 6.07. The maximum atomic E-state index is 13.0. The third-order valence-electron chi connectivity index (χ3n) is 5.55. The van der Waals surface area contributed by atoms with Crippen LogP contribution in [0, 0.1) is 13.8 Å². The maximum Gasteiger partial charge on any atom is 0.257 e. The van der Waals surface area contributed by atoms with Gasteiger partial charge in [-0.05, 0) is 58.7 Å². The lowest BCUT2D eigenvalue weighted by Gasteiger charge is -2.37. The third kappa shape index (κ3) is 3.61. The normalized spacial score (nSPS) is 22.7. The summed E-state index contributed by atoms with van der Waals surface area (Å²) in [6.07, 6.45) is 2.78. The summed E-state index contributed by atoms with van der Waals surface area (Å²) in [6, 6.07) is 10.7. The summed E-state index contributed by atoms with van der Waals surface area (Å²) in [5.74, 6) is -0.0307. The Kier molecular flexibility index (Phi) is 4.72. The number of benzene rings is 1. The highest BCUT2D eigenvalue weighted by Crippen LogP contribution is 2.38. The third-order valence-corrected chi connectivity index (χ3v) is 5.55. The number of nitrogens with zero attached hydrogens (tertiary/aromatic N) is 2. The van der Waals surface area contributed by atoms with Crippen LogP contribution in [-0.2, 0) is 4.74 Å². The molecule has 1 N–H and O–H groups in total. The second kappa shape index (κ2) is 7.04. The molecule has 1 saturated heterocycles. The van der Waals surface area contributed by atoms with Gasteiger partial charge in [-0.3, -0.25) is 4.79 Å².